The molecule has 102 valence electrons. The van der Waals surface area contributed by atoms with E-state index in [1.54, 1.807) is 36.4 Å². The van der Waals surface area contributed by atoms with Crippen molar-refractivity contribution in [1.29, 1.82) is 0 Å². The van der Waals surface area contributed by atoms with Gasteiger partial charge in [0.2, 0.25) is 6.79 Å². The van der Waals surface area contributed by atoms with Crippen LogP contribution in [0, 0.1) is 0 Å². The second-order valence-electron chi connectivity index (χ2n) is 4.12. The van der Waals surface area contributed by atoms with Gasteiger partial charge in [0.25, 0.3) is 5.91 Å². The van der Waals surface area contributed by atoms with Gasteiger partial charge in [-0.1, -0.05) is 17.7 Å². The Morgan fingerprint density at radius 1 is 1.20 bits per heavy atom. The van der Waals surface area contributed by atoms with Gasteiger partial charge in [-0.05, 0) is 46.3 Å². The van der Waals surface area contributed by atoms with Crippen LogP contribution in [-0.4, -0.2) is 12.7 Å². The Morgan fingerprint density at radius 3 is 2.85 bits per heavy atom. The van der Waals surface area contributed by atoms with Gasteiger partial charge < -0.3 is 14.8 Å². The average molecular weight is 355 g/mol. The standard InChI is InChI=1S/C14H9BrClNO3/c15-13-9(16)2-1-3-10(13)17-14(18)8-4-5-11-12(6-8)20-7-19-11/h1-6H,7H2,(H,17,18). The summed E-state index contributed by atoms with van der Waals surface area (Å²) in [5, 5.41) is 3.33. The number of halogens is 2. The first-order valence-corrected chi connectivity index (χ1v) is 6.97. The third kappa shape index (κ3) is 2.46. The Hall–Kier alpha value is -1.72. The Labute approximate surface area is 128 Å². The molecule has 1 N–H and O–H groups in total. The Bertz CT molecular complexity index is 690. The molecule has 3 rings (SSSR count). The van der Waals surface area contributed by atoms with E-state index in [0.29, 0.717) is 32.2 Å². The lowest BCUT2D eigenvalue weighted by Crippen LogP contribution is -2.12. The van der Waals surface area contributed by atoms with Gasteiger partial charge >= 0.3 is 0 Å². The molecular weight excluding hydrogens is 346 g/mol. The predicted molar refractivity (Wildman–Crippen MR) is 79.7 cm³/mol. The summed E-state index contributed by atoms with van der Waals surface area (Å²) >= 11 is 9.32. The first-order valence-electron chi connectivity index (χ1n) is 5.80. The third-order valence-electron chi connectivity index (χ3n) is 2.83. The van der Waals surface area contributed by atoms with Crippen molar-refractivity contribution in [3.63, 3.8) is 0 Å². The van der Waals surface area contributed by atoms with Gasteiger partial charge in [0.15, 0.2) is 11.5 Å². The molecule has 6 heteroatoms. The highest BCUT2D eigenvalue weighted by Crippen LogP contribution is 2.33. The van der Waals surface area contributed by atoms with Crippen molar-refractivity contribution in [2.75, 3.05) is 12.1 Å². The van der Waals surface area contributed by atoms with E-state index < -0.39 is 0 Å². The van der Waals surface area contributed by atoms with E-state index in [0.717, 1.165) is 0 Å². The number of benzene rings is 2. The van der Waals surface area contributed by atoms with E-state index in [1.165, 1.54) is 0 Å². The number of carbonyl (C=O) groups is 1. The van der Waals surface area contributed by atoms with Crippen LogP contribution in [0.5, 0.6) is 11.5 Å². The van der Waals surface area contributed by atoms with Crippen molar-refractivity contribution in [3.05, 3.63) is 51.5 Å². The lowest BCUT2D eigenvalue weighted by atomic mass is 10.2. The fourth-order valence-corrected chi connectivity index (χ4v) is 2.37. The van der Waals surface area contributed by atoms with Crippen LogP contribution >= 0.6 is 27.5 Å². The van der Waals surface area contributed by atoms with Crippen LogP contribution in [0.3, 0.4) is 0 Å². The SMILES string of the molecule is O=C(Nc1cccc(Cl)c1Br)c1ccc2c(c1)OCO2. The van der Waals surface area contributed by atoms with Gasteiger partial charge in [0, 0.05) is 5.56 Å². The minimum atomic E-state index is -0.244. The average Bonchev–Trinajstić information content (AvgIpc) is 2.91. The van der Waals surface area contributed by atoms with Crippen molar-refractivity contribution in [1.82, 2.24) is 0 Å². The third-order valence-corrected chi connectivity index (χ3v) is 4.23. The lowest BCUT2D eigenvalue weighted by molar-refractivity contribution is 0.102. The van der Waals surface area contributed by atoms with E-state index in [9.17, 15) is 4.79 Å². The number of fused-ring (bicyclic) bond motifs is 1. The number of ether oxygens (including phenoxy) is 2. The number of hydrogen-bond acceptors (Lipinski definition) is 3. The molecule has 1 amide bonds. The molecule has 0 aliphatic carbocycles. The van der Waals surface area contributed by atoms with Gasteiger partial charge in [0.1, 0.15) is 0 Å². The second kappa shape index (κ2) is 5.34. The molecular formula is C14H9BrClNO3. The monoisotopic (exact) mass is 353 g/mol. The Kier molecular flexibility index (Phi) is 3.54. The van der Waals surface area contributed by atoms with Crippen molar-refractivity contribution in [2.24, 2.45) is 0 Å². The summed E-state index contributed by atoms with van der Waals surface area (Å²) in [5.74, 6) is 0.972. The van der Waals surface area contributed by atoms with Gasteiger partial charge in [-0.3, -0.25) is 4.79 Å². The molecule has 0 unspecified atom stereocenters. The number of carbonyl (C=O) groups excluding carboxylic acids is 1. The van der Waals surface area contributed by atoms with Crippen LogP contribution in [0.25, 0.3) is 0 Å². The fourth-order valence-electron chi connectivity index (χ4n) is 1.83. The van der Waals surface area contributed by atoms with Crippen LogP contribution < -0.4 is 14.8 Å². The van der Waals surface area contributed by atoms with Crippen LogP contribution in [0.15, 0.2) is 40.9 Å². The van der Waals surface area contributed by atoms with Gasteiger partial charge in [0.05, 0.1) is 15.2 Å². The van der Waals surface area contributed by atoms with Crippen molar-refractivity contribution in [2.45, 2.75) is 0 Å². The largest absolute Gasteiger partial charge is 0.454 e. The molecule has 0 fully saturated rings. The predicted octanol–water partition coefficient (Wildman–Crippen LogP) is 4.08. The molecule has 20 heavy (non-hydrogen) atoms. The first kappa shape index (κ1) is 13.3. The zero-order valence-corrected chi connectivity index (χ0v) is 12.5. The number of hydrogen-bond donors (Lipinski definition) is 1. The summed E-state index contributed by atoms with van der Waals surface area (Å²) in [6.45, 7) is 0.181. The molecule has 4 nitrogen and oxygen atoms in total. The minimum Gasteiger partial charge on any atom is -0.454 e. The van der Waals surface area contributed by atoms with E-state index >= 15 is 0 Å². The molecule has 2 aromatic rings. The Balaban J connectivity index is 1.84. The fraction of sp³-hybridized carbons (Fsp3) is 0.0714. The normalized spacial score (nSPS) is 12.3. The first-order chi connectivity index (χ1) is 9.65. The van der Waals surface area contributed by atoms with Crippen LogP contribution in [0.4, 0.5) is 5.69 Å². The van der Waals surface area contributed by atoms with Gasteiger partial charge in [-0.25, -0.2) is 0 Å². The summed E-state index contributed by atoms with van der Waals surface area (Å²) in [5.41, 5.74) is 1.10. The van der Waals surface area contributed by atoms with E-state index in [4.69, 9.17) is 21.1 Å². The second-order valence-corrected chi connectivity index (χ2v) is 5.32. The summed E-state index contributed by atoms with van der Waals surface area (Å²) in [7, 11) is 0. The van der Waals surface area contributed by atoms with Gasteiger partial charge in [-0.15, -0.1) is 0 Å². The number of anilines is 1. The number of nitrogens with one attached hydrogen (secondary N) is 1. The Morgan fingerprint density at radius 2 is 2.00 bits per heavy atom. The molecule has 0 saturated carbocycles. The molecule has 0 radical (unpaired) electrons. The molecule has 0 bridgehead atoms. The quantitative estimate of drug-likeness (QED) is 0.884. The molecule has 0 saturated heterocycles. The molecule has 1 aliphatic heterocycles. The van der Waals surface area contributed by atoms with E-state index in [-0.39, 0.29) is 12.7 Å². The molecule has 1 aliphatic rings. The number of amides is 1. The highest BCUT2D eigenvalue weighted by molar-refractivity contribution is 9.10. The molecule has 0 aromatic heterocycles. The minimum absolute atomic E-state index is 0.181. The van der Waals surface area contributed by atoms with Crippen LogP contribution in [-0.2, 0) is 0 Å². The highest BCUT2D eigenvalue weighted by Gasteiger charge is 2.17. The summed E-state index contributed by atoms with van der Waals surface area (Å²) < 4.78 is 11.1. The molecule has 2 aromatic carbocycles. The van der Waals surface area contributed by atoms with Crippen molar-refractivity contribution in [3.8, 4) is 11.5 Å². The molecule has 1 heterocycles. The zero-order valence-electron chi connectivity index (χ0n) is 10.2. The lowest BCUT2D eigenvalue weighted by Gasteiger charge is -2.08. The topological polar surface area (TPSA) is 47.6 Å². The van der Waals surface area contributed by atoms with Gasteiger partial charge in [-0.2, -0.15) is 0 Å². The molecule has 0 spiro atoms. The molecule has 0 atom stereocenters. The zero-order chi connectivity index (χ0) is 14.1. The van der Waals surface area contributed by atoms with E-state index in [2.05, 4.69) is 21.2 Å². The smallest absolute Gasteiger partial charge is 0.255 e. The van der Waals surface area contributed by atoms with Crippen LogP contribution in [0.1, 0.15) is 10.4 Å². The summed E-state index contributed by atoms with van der Waals surface area (Å²) in [6.07, 6.45) is 0. The maximum atomic E-state index is 12.2. The van der Waals surface area contributed by atoms with Crippen molar-refractivity contribution >= 4 is 39.1 Å². The maximum absolute atomic E-state index is 12.2. The summed E-state index contributed by atoms with van der Waals surface area (Å²) in [4.78, 5) is 12.2. The summed E-state index contributed by atoms with van der Waals surface area (Å²) in [6, 6.07) is 10.3. The maximum Gasteiger partial charge on any atom is 0.255 e. The van der Waals surface area contributed by atoms with Crippen molar-refractivity contribution < 1.29 is 14.3 Å². The van der Waals surface area contributed by atoms with E-state index in [1.807, 2.05) is 0 Å². The highest BCUT2D eigenvalue weighted by atomic mass is 79.9. The number of rotatable bonds is 2. The van der Waals surface area contributed by atoms with Crippen LogP contribution in [0.2, 0.25) is 5.02 Å².